The highest BCUT2D eigenvalue weighted by Crippen LogP contribution is 2.26. The van der Waals surface area contributed by atoms with Gasteiger partial charge in [0.15, 0.2) is 0 Å². The zero-order valence-electron chi connectivity index (χ0n) is 15.0. The van der Waals surface area contributed by atoms with E-state index >= 15 is 0 Å². The van der Waals surface area contributed by atoms with Crippen LogP contribution < -0.4 is 9.74 Å². The third-order valence-electron chi connectivity index (χ3n) is 4.10. The van der Waals surface area contributed by atoms with Gasteiger partial charge in [0.2, 0.25) is 5.95 Å². The highest BCUT2D eigenvalue weighted by molar-refractivity contribution is 6.28. The van der Waals surface area contributed by atoms with E-state index in [1.54, 1.807) is 18.7 Å². The molecule has 0 spiro atoms. The van der Waals surface area contributed by atoms with Gasteiger partial charge in [-0.2, -0.15) is 0 Å². The number of H-pyrrole nitrogens is 1. The van der Waals surface area contributed by atoms with Crippen molar-refractivity contribution in [3.63, 3.8) is 0 Å². The van der Waals surface area contributed by atoms with Crippen molar-refractivity contribution in [1.29, 1.82) is 0 Å². The number of rotatable bonds is 7. The molecule has 0 amide bonds. The van der Waals surface area contributed by atoms with Gasteiger partial charge in [-0.1, -0.05) is 18.2 Å². The Labute approximate surface area is 167 Å². The fourth-order valence-electron chi connectivity index (χ4n) is 2.71. The molecular formula is C20H18ClN7. The van der Waals surface area contributed by atoms with E-state index in [1.165, 1.54) is 4.42 Å². The molecule has 140 valence electrons. The second kappa shape index (κ2) is 8.49. The summed E-state index contributed by atoms with van der Waals surface area (Å²) in [5, 5.41) is 3.31. The summed E-state index contributed by atoms with van der Waals surface area (Å²) in [4.78, 5) is 20.4. The molecule has 0 aliphatic carbocycles. The molecule has 0 bridgehead atoms. The first-order valence-corrected chi connectivity index (χ1v) is 9.15. The molecule has 3 heterocycles. The fourth-order valence-corrected chi connectivity index (χ4v) is 2.91. The van der Waals surface area contributed by atoms with Crippen molar-refractivity contribution in [1.82, 2.24) is 24.9 Å². The van der Waals surface area contributed by atoms with Gasteiger partial charge in [0.25, 0.3) is 0 Å². The van der Waals surface area contributed by atoms with Crippen molar-refractivity contribution < 1.29 is 0 Å². The quantitative estimate of drug-likeness (QED) is 0.459. The molecular weight excluding hydrogens is 374 g/mol. The molecule has 0 saturated carbocycles. The topological polar surface area (TPSA) is 82.6 Å². The molecule has 0 atom stereocenters. The number of nitrogens with zero attached hydrogens (tertiary/aromatic N) is 5. The van der Waals surface area contributed by atoms with Crippen LogP contribution in [-0.2, 0) is 6.42 Å². The SMILES string of the molecule is ClN(c1ccccc1)c1nccc(-c2ccnc(NCCc3c[nH]cn3)c2)n1. The number of hydrogen-bond acceptors (Lipinski definition) is 6. The second-order valence-electron chi connectivity index (χ2n) is 6.03. The van der Waals surface area contributed by atoms with Gasteiger partial charge in [-0.05, 0) is 30.3 Å². The van der Waals surface area contributed by atoms with Crippen LogP contribution in [0, 0.1) is 0 Å². The standard InChI is InChI=1S/C20H18ClN7/c21-28(17-4-2-1-3-5-17)20-25-11-8-18(27-20)15-6-9-23-19(12-15)24-10-7-16-13-22-14-26-16/h1-6,8-9,11-14H,7,10H2,(H,22,26)(H,23,24). The van der Waals surface area contributed by atoms with Crippen LogP contribution in [0.2, 0.25) is 0 Å². The Morgan fingerprint density at radius 1 is 1.00 bits per heavy atom. The molecule has 0 unspecified atom stereocenters. The Hall–Kier alpha value is -3.45. The zero-order valence-corrected chi connectivity index (χ0v) is 15.7. The first kappa shape index (κ1) is 17.9. The number of aromatic nitrogens is 5. The van der Waals surface area contributed by atoms with E-state index in [-0.39, 0.29) is 0 Å². The second-order valence-corrected chi connectivity index (χ2v) is 6.36. The van der Waals surface area contributed by atoms with E-state index in [1.807, 2.05) is 54.7 Å². The predicted octanol–water partition coefficient (Wildman–Crippen LogP) is 4.21. The lowest BCUT2D eigenvalue weighted by molar-refractivity contribution is 0.968. The van der Waals surface area contributed by atoms with Crippen LogP contribution in [0.3, 0.4) is 0 Å². The summed E-state index contributed by atoms with van der Waals surface area (Å²) < 4.78 is 1.44. The number of nitrogens with one attached hydrogen (secondary N) is 2. The van der Waals surface area contributed by atoms with Gasteiger partial charge in [-0.15, -0.1) is 0 Å². The van der Waals surface area contributed by atoms with Gasteiger partial charge in [0, 0.05) is 48.9 Å². The minimum absolute atomic E-state index is 0.412. The van der Waals surface area contributed by atoms with Gasteiger partial charge in [-0.25, -0.2) is 24.4 Å². The average molecular weight is 392 g/mol. The Morgan fingerprint density at radius 2 is 1.86 bits per heavy atom. The van der Waals surface area contributed by atoms with Crippen LogP contribution in [0.15, 0.2) is 73.4 Å². The number of pyridine rings is 1. The summed E-state index contributed by atoms with van der Waals surface area (Å²) in [6, 6.07) is 15.3. The van der Waals surface area contributed by atoms with Crippen molar-refractivity contribution in [2.45, 2.75) is 6.42 Å². The lowest BCUT2D eigenvalue weighted by Gasteiger charge is -2.14. The van der Waals surface area contributed by atoms with Crippen LogP contribution in [0.4, 0.5) is 17.5 Å². The number of para-hydroxylation sites is 1. The molecule has 28 heavy (non-hydrogen) atoms. The van der Waals surface area contributed by atoms with Crippen molar-refractivity contribution in [3.8, 4) is 11.3 Å². The van der Waals surface area contributed by atoms with Crippen molar-refractivity contribution >= 4 is 29.2 Å². The van der Waals surface area contributed by atoms with E-state index in [0.717, 1.165) is 41.4 Å². The maximum atomic E-state index is 6.41. The number of imidazole rings is 1. The van der Waals surface area contributed by atoms with Crippen LogP contribution in [-0.4, -0.2) is 31.5 Å². The minimum atomic E-state index is 0.412. The number of aromatic amines is 1. The maximum Gasteiger partial charge on any atom is 0.245 e. The summed E-state index contributed by atoms with van der Waals surface area (Å²) >= 11 is 6.41. The molecule has 4 aromatic rings. The van der Waals surface area contributed by atoms with Crippen LogP contribution in [0.5, 0.6) is 0 Å². The molecule has 1 aromatic carbocycles. The number of benzene rings is 1. The first-order chi connectivity index (χ1) is 13.8. The summed E-state index contributed by atoms with van der Waals surface area (Å²) in [7, 11) is 0. The maximum absolute atomic E-state index is 6.41. The fraction of sp³-hybridized carbons (Fsp3) is 0.100. The molecule has 8 heteroatoms. The van der Waals surface area contributed by atoms with Gasteiger partial charge >= 0.3 is 0 Å². The molecule has 2 N–H and O–H groups in total. The highest BCUT2D eigenvalue weighted by atomic mass is 35.5. The van der Waals surface area contributed by atoms with Gasteiger partial charge in [-0.3, -0.25) is 0 Å². The molecule has 0 radical (unpaired) electrons. The summed E-state index contributed by atoms with van der Waals surface area (Å²) in [6.07, 6.45) is 7.82. The molecule has 7 nitrogen and oxygen atoms in total. The van der Waals surface area contributed by atoms with Crippen molar-refractivity contribution in [2.75, 3.05) is 16.3 Å². The van der Waals surface area contributed by atoms with Crippen LogP contribution >= 0.6 is 11.8 Å². The Kier molecular flexibility index (Phi) is 5.44. The third-order valence-corrected chi connectivity index (χ3v) is 4.45. The minimum Gasteiger partial charge on any atom is -0.370 e. The van der Waals surface area contributed by atoms with E-state index < -0.39 is 0 Å². The third kappa shape index (κ3) is 4.27. The zero-order chi connectivity index (χ0) is 19.2. The lowest BCUT2D eigenvalue weighted by Crippen LogP contribution is -2.07. The van der Waals surface area contributed by atoms with E-state index in [0.29, 0.717) is 5.95 Å². The van der Waals surface area contributed by atoms with Crippen molar-refractivity contribution in [2.24, 2.45) is 0 Å². The van der Waals surface area contributed by atoms with E-state index in [4.69, 9.17) is 11.8 Å². The molecule has 4 rings (SSSR count). The van der Waals surface area contributed by atoms with Crippen LogP contribution in [0.25, 0.3) is 11.3 Å². The smallest absolute Gasteiger partial charge is 0.245 e. The normalized spacial score (nSPS) is 10.6. The highest BCUT2D eigenvalue weighted by Gasteiger charge is 2.11. The molecule has 0 aliphatic heterocycles. The van der Waals surface area contributed by atoms with Gasteiger partial charge in [0.1, 0.15) is 5.82 Å². The first-order valence-electron chi connectivity index (χ1n) is 8.81. The Bertz CT molecular complexity index is 1020. The number of hydrogen-bond donors (Lipinski definition) is 2. The summed E-state index contributed by atoms with van der Waals surface area (Å²) in [6.45, 7) is 0.736. The average Bonchev–Trinajstić information content (AvgIpc) is 3.28. The van der Waals surface area contributed by atoms with E-state index in [9.17, 15) is 0 Å². The van der Waals surface area contributed by atoms with Crippen LogP contribution in [0.1, 0.15) is 5.69 Å². The summed E-state index contributed by atoms with van der Waals surface area (Å²) in [5.74, 6) is 1.19. The van der Waals surface area contributed by atoms with Gasteiger partial charge in [0.05, 0.1) is 23.4 Å². The molecule has 0 aliphatic rings. The molecule has 3 aromatic heterocycles. The Morgan fingerprint density at radius 3 is 2.68 bits per heavy atom. The molecule has 0 fully saturated rings. The summed E-state index contributed by atoms with van der Waals surface area (Å²) in [5.41, 5.74) is 3.51. The van der Waals surface area contributed by atoms with Crippen molar-refractivity contribution in [3.05, 3.63) is 79.1 Å². The lowest BCUT2D eigenvalue weighted by atomic mass is 10.2. The van der Waals surface area contributed by atoms with E-state index in [2.05, 4.69) is 30.2 Å². The number of anilines is 3. The molecule has 0 saturated heterocycles. The van der Waals surface area contributed by atoms with Gasteiger partial charge < -0.3 is 10.3 Å². The monoisotopic (exact) mass is 391 g/mol. The Balaban J connectivity index is 1.49. The largest absolute Gasteiger partial charge is 0.370 e. The predicted molar refractivity (Wildman–Crippen MR) is 110 cm³/mol. The number of halogens is 1.